The lowest BCUT2D eigenvalue weighted by Crippen LogP contribution is -2.31. The van der Waals surface area contributed by atoms with E-state index >= 15 is 0 Å². The predicted molar refractivity (Wildman–Crippen MR) is 95.1 cm³/mol. The van der Waals surface area contributed by atoms with Gasteiger partial charge >= 0.3 is 0 Å². The molecule has 1 N–H and O–H groups in total. The molecule has 1 aliphatic heterocycles. The van der Waals surface area contributed by atoms with Crippen LogP contribution in [0.25, 0.3) is 0 Å². The van der Waals surface area contributed by atoms with Crippen molar-refractivity contribution in [2.45, 2.75) is 30.7 Å². The quantitative estimate of drug-likeness (QED) is 0.846. The summed E-state index contributed by atoms with van der Waals surface area (Å²) < 4.78 is 32.7. The van der Waals surface area contributed by atoms with Gasteiger partial charge in [-0.05, 0) is 37.5 Å². The highest BCUT2D eigenvalue weighted by atomic mass is 32.2. The first kappa shape index (κ1) is 17.6. The van der Waals surface area contributed by atoms with E-state index in [1.54, 1.807) is 24.4 Å². The average Bonchev–Trinajstić information content (AvgIpc) is 2.67. The number of anilines is 1. The zero-order valence-electron chi connectivity index (χ0n) is 14.2. The van der Waals surface area contributed by atoms with E-state index < -0.39 is 10.0 Å². The fourth-order valence-corrected chi connectivity index (χ4v) is 4.00. The predicted octanol–water partition coefficient (Wildman–Crippen LogP) is 1.95. The number of hydrogen-bond acceptors (Lipinski definition) is 6. The molecule has 0 bridgehead atoms. The van der Waals surface area contributed by atoms with Crippen molar-refractivity contribution in [2.75, 3.05) is 25.1 Å². The summed E-state index contributed by atoms with van der Waals surface area (Å²) >= 11 is 0. The molecular weight excluding hydrogens is 340 g/mol. The zero-order chi connectivity index (χ0) is 17.7. The second-order valence-electron chi connectivity index (χ2n) is 5.85. The average molecular weight is 362 g/mol. The summed E-state index contributed by atoms with van der Waals surface area (Å²) in [6.07, 6.45) is 5.22. The largest absolute Gasteiger partial charge is 0.495 e. The number of para-hydroxylation sites is 1. The first-order valence-electron chi connectivity index (χ1n) is 8.30. The van der Waals surface area contributed by atoms with E-state index in [0.29, 0.717) is 11.6 Å². The number of nitrogens with zero attached hydrogens (tertiary/aromatic N) is 3. The van der Waals surface area contributed by atoms with Crippen molar-refractivity contribution in [3.63, 3.8) is 0 Å². The van der Waals surface area contributed by atoms with Crippen LogP contribution < -0.4 is 14.4 Å². The summed E-state index contributed by atoms with van der Waals surface area (Å²) in [5.74, 6) is 1.60. The molecule has 0 atom stereocenters. The number of hydrogen-bond donors (Lipinski definition) is 1. The Morgan fingerprint density at radius 2 is 1.92 bits per heavy atom. The normalized spacial score (nSPS) is 15.2. The van der Waals surface area contributed by atoms with E-state index in [4.69, 9.17) is 4.74 Å². The molecule has 25 heavy (non-hydrogen) atoms. The fraction of sp³-hybridized carbons (Fsp3) is 0.412. The van der Waals surface area contributed by atoms with Crippen LogP contribution in [0.1, 0.15) is 25.1 Å². The summed E-state index contributed by atoms with van der Waals surface area (Å²) in [4.78, 5) is 11.0. The number of nitrogens with one attached hydrogen (secondary N) is 1. The van der Waals surface area contributed by atoms with Crippen LogP contribution in [-0.4, -0.2) is 38.6 Å². The van der Waals surface area contributed by atoms with Gasteiger partial charge in [0.15, 0.2) is 0 Å². The molecule has 0 radical (unpaired) electrons. The van der Waals surface area contributed by atoms with Gasteiger partial charge in [-0.1, -0.05) is 12.1 Å². The van der Waals surface area contributed by atoms with Gasteiger partial charge in [-0.15, -0.1) is 0 Å². The topological polar surface area (TPSA) is 84.4 Å². The minimum absolute atomic E-state index is 0.0298. The summed E-state index contributed by atoms with van der Waals surface area (Å²) in [5.41, 5.74) is 0. The van der Waals surface area contributed by atoms with Gasteiger partial charge in [0.1, 0.15) is 22.3 Å². The number of methoxy groups -OCH3 is 1. The van der Waals surface area contributed by atoms with Gasteiger partial charge < -0.3 is 9.64 Å². The number of piperidine rings is 1. The Kier molecular flexibility index (Phi) is 5.50. The van der Waals surface area contributed by atoms with Gasteiger partial charge in [0.2, 0.25) is 10.0 Å². The molecule has 0 amide bonds. The standard InChI is InChI=1S/C17H22N4O3S/c1-24-14-7-3-4-8-15(14)25(22,23)19-13-16-18-10-9-17(20-16)21-11-5-2-6-12-21/h3-4,7-10,19H,2,5-6,11-13H2,1H3. The minimum Gasteiger partial charge on any atom is -0.495 e. The smallest absolute Gasteiger partial charge is 0.244 e. The van der Waals surface area contributed by atoms with Crippen LogP contribution in [0.4, 0.5) is 5.82 Å². The molecule has 8 heteroatoms. The number of benzene rings is 1. The lowest BCUT2D eigenvalue weighted by Gasteiger charge is -2.27. The molecule has 1 fully saturated rings. The highest BCUT2D eigenvalue weighted by Gasteiger charge is 2.19. The number of rotatable bonds is 6. The summed E-state index contributed by atoms with van der Waals surface area (Å²) in [5, 5.41) is 0. The van der Waals surface area contributed by atoms with E-state index in [-0.39, 0.29) is 11.4 Å². The highest BCUT2D eigenvalue weighted by molar-refractivity contribution is 7.89. The molecule has 2 aromatic rings. The molecule has 0 aliphatic carbocycles. The summed E-state index contributed by atoms with van der Waals surface area (Å²) in [7, 11) is -2.26. The maximum atomic E-state index is 12.5. The van der Waals surface area contributed by atoms with Crippen molar-refractivity contribution >= 4 is 15.8 Å². The van der Waals surface area contributed by atoms with Crippen LogP contribution in [-0.2, 0) is 16.6 Å². The Labute approximate surface area is 148 Å². The second kappa shape index (κ2) is 7.79. The Bertz CT molecular complexity index is 820. The van der Waals surface area contributed by atoms with E-state index in [9.17, 15) is 8.42 Å². The summed E-state index contributed by atoms with van der Waals surface area (Å²) in [6, 6.07) is 8.37. The van der Waals surface area contributed by atoms with Crippen LogP contribution in [0, 0.1) is 0 Å². The van der Waals surface area contributed by atoms with Crippen molar-refractivity contribution < 1.29 is 13.2 Å². The maximum Gasteiger partial charge on any atom is 0.244 e. The molecule has 3 rings (SSSR count). The third-order valence-corrected chi connectivity index (χ3v) is 5.59. The van der Waals surface area contributed by atoms with Gasteiger partial charge in [0.25, 0.3) is 0 Å². The molecule has 0 unspecified atom stereocenters. The van der Waals surface area contributed by atoms with Crippen molar-refractivity contribution in [1.82, 2.24) is 14.7 Å². The Morgan fingerprint density at radius 1 is 1.16 bits per heavy atom. The van der Waals surface area contributed by atoms with E-state index in [2.05, 4.69) is 19.6 Å². The van der Waals surface area contributed by atoms with E-state index in [1.807, 2.05) is 6.07 Å². The minimum atomic E-state index is -3.71. The van der Waals surface area contributed by atoms with Crippen LogP contribution in [0.15, 0.2) is 41.4 Å². The first-order chi connectivity index (χ1) is 12.1. The van der Waals surface area contributed by atoms with Crippen molar-refractivity contribution in [3.05, 3.63) is 42.4 Å². The van der Waals surface area contributed by atoms with Crippen molar-refractivity contribution in [1.29, 1.82) is 0 Å². The molecule has 1 aromatic carbocycles. The Morgan fingerprint density at radius 3 is 2.68 bits per heavy atom. The second-order valence-corrected chi connectivity index (χ2v) is 7.59. The third kappa shape index (κ3) is 4.26. The van der Waals surface area contributed by atoms with E-state index in [0.717, 1.165) is 31.7 Å². The molecule has 134 valence electrons. The fourth-order valence-electron chi connectivity index (χ4n) is 2.85. The Balaban J connectivity index is 1.72. The molecular formula is C17H22N4O3S. The van der Waals surface area contributed by atoms with Gasteiger partial charge in [-0.25, -0.2) is 23.1 Å². The number of aromatic nitrogens is 2. The maximum absolute atomic E-state index is 12.5. The van der Waals surface area contributed by atoms with Gasteiger partial charge in [-0.3, -0.25) is 0 Å². The molecule has 1 aromatic heterocycles. The zero-order valence-corrected chi connectivity index (χ0v) is 15.0. The highest BCUT2D eigenvalue weighted by Crippen LogP contribution is 2.22. The molecule has 1 saturated heterocycles. The molecule has 1 aliphatic rings. The lowest BCUT2D eigenvalue weighted by atomic mass is 10.1. The van der Waals surface area contributed by atoms with Crippen LogP contribution in [0.3, 0.4) is 0 Å². The van der Waals surface area contributed by atoms with Crippen molar-refractivity contribution in [2.24, 2.45) is 0 Å². The number of sulfonamides is 1. The SMILES string of the molecule is COc1ccccc1S(=O)(=O)NCc1nccc(N2CCCCC2)n1. The number of ether oxygens (including phenoxy) is 1. The third-order valence-electron chi connectivity index (χ3n) is 4.15. The van der Waals surface area contributed by atoms with Crippen LogP contribution in [0.5, 0.6) is 5.75 Å². The molecule has 0 saturated carbocycles. The Hall–Kier alpha value is -2.19. The van der Waals surface area contributed by atoms with Crippen LogP contribution in [0.2, 0.25) is 0 Å². The van der Waals surface area contributed by atoms with Gasteiger partial charge in [-0.2, -0.15) is 0 Å². The first-order valence-corrected chi connectivity index (χ1v) is 9.78. The monoisotopic (exact) mass is 362 g/mol. The molecule has 7 nitrogen and oxygen atoms in total. The summed E-state index contributed by atoms with van der Waals surface area (Å²) in [6.45, 7) is 1.98. The van der Waals surface area contributed by atoms with Crippen LogP contribution >= 0.6 is 0 Å². The van der Waals surface area contributed by atoms with E-state index in [1.165, 1.54) is 19.6 Å². The van der Waals surface area contributed by atoms with Crippen molar-refractivity contribution in [3.8, 4) is 5.75 Å². The van der Waals surface area contributed by atoms with Gasteiger partial charge in [0.05, 0.1) is 13.7 Å². The molecule has 0 spiro atoms. The lowest BCUT2D eigenvalue weighted by molar-refractivity contribution is 0.402. The van der Waals surface area contributed by atoms with Gasteiger partial charge in [0, 0.05) is 19.3 Å². The molecule has 2 heterocycles.